The van der Waals surface area contributed by atoms with E-state index in [4.69, 9.17) is 16.3 Å². The van der Waals surface area contributed by atoms with Gasteiger partial charge in [0.2, 0.25) is 0 Å². The van der Waals surface area contributed by atoms with E-state index in [9.17, 15) is 4.79 Å². The molecule has 0 radical (unpaired) electrons. The molecule has 1 aliphatic heterocycles. The number of benzene rings is 2. The molecule has 2 aromatic rings. The maximum Gasteiger partial charge on any atom is 0.167 e. The molecule has 3 nitrogen and oxygen atoms in total. The molecule has 1 heterocycles. The molecular formula is C19H20ClNO2. The summed E-state index contributed by atoms with van der Waals surface area (Å²) in [5.41, 5.74) is 1.74. The first kappa shape index (κ1) is 16.0. The summed E-state index contributed by atoms with van der Waals surface area (Å²) in [4.78, 5) is 12.5. The SMILES string of the molecule is O=C(c1ccc(OCc2ccccc2)c(Cl)c1)C1CCCNC1. The Morgan fingerprint density at radius 1 is 1.22 bits per heavy atom. The summed E-state index contributed by atoms with van der Waals surface area (Å²) in [6, 6.07) is 15.2. The molecular weight excluding hydrogens is 310 g/mol. The highest BCUT2D eigenvalue weighted by molar-refractivity contribution is 6.32. The Kier molecular flexibility index (Phi) is 5.31. The molecule has 0 aliphatic carbocycles. The molecule has 1 atom stereocenters. The predicted octanol–water partition coefficient (Wildman–Crippen LogP) is 4.10. The van der Waals surface area contributed by atoms with Crippen molar-refractivity contribution in [3.8, 4) is 5.75 Å². The number of halogens is 1. The van der Waals surface area contributed by atoms with Gasteiger partial charge in [0, 0.05) is 18.0 Å². The van der Waals surface area contributed by atoms with E-state index in [1.165, 1.54) is 0 Å². The number of rotatable bonds is 5. The number of piperidine rings is 1. The van der Waals surface area contributed by atoms with Gasteiger partial charge in [0.05, 0.1) is 5.02 Å². The van der Waals surface area contributed by atoms with Crippen LogP contribution in [-0.4, -0.2) is 18.9 Å². The van der Waals surface area contributed by atoms with Gasteiger partial charge in [-0.15, -0.1) is 0 Å². The number of hydrogen-bond acceptors (Lipinski definition) is 3. The van der Waals surface area contributed by atoms with Gasteiger partial charge in [0.1, 0.15) is 12.4 Å². The van der Waals surface area contributed by atoms with Crippen molar-refractivity contribution < 1.29 is 9.53 Å². The maximum absolute atomic E-state index is 12.5. The van der Waals surface area contributed by atoms with E-state index >= 15 is 0 Å². The molecule has 0 aromatic heterocycles. The minimum Gasteiger partial charge on any atom is -0.487 e. The molecule has 0 spiro atoms. The fourth-order valence-electron chi connectivity index (χ4n) is 2.82. The fourth-order valence-corrected chi connectivity index (χ4v) is 3.05. The molecule has 0 saturated carbocycles. The van der Waals surface area contributed by atoms with E-state index in [2.05, 4.69) is 5.32 Å². The first-order valence-corrected chi connectivity index (χ1v) is 8.33. The van der Waals surface area contributed by atoms with E-state index in [-0.39, 0.29) is 11.7 Å². The van der Waals surface area contributed by atoms with Crippen LogP contribution in [0.3, 0.4) is 0 Å². The summed E-state index contributed by atoms with van der Waals surface area (Å²) in [5, 5.41) is 3.75. The summed E-state index contributed by atoms with van der Waals surface area (Å²) in [6.45, 7) is 2.21. The third-order valence-corrected chi connectivity index (χ3v) is 4.42. The van der Waals surface area contributed by atoms with Crippen LogP contribution in [0.5, 0.6) is 5.75 Å². The fraction of sp³-hybridized carbons (Fsp3) is 0.316. The Hall–Kier alpha value is -1.84. The van der Waals surface area contributed by atoms with E-state index in [0.717, 1.165) is 31.5 Å². The van der Waals surface area contributed by atoms with E-state index in [0.29, 0.717) is 22.9 Å². The zero-order valence-corrected chi connectivity index (χ0v) is 13.7. The lowest BCUT2D eigenvalue weighted by Gasteiger charge is -2.21. The summed E-state index contributed by atoms with van der Waals surface area (Å²) < 4.78 is 5.75. The van der Waals surface area contributed by atoms with Crippen molar-refractivity contribution in [1.82, 2.24) is 5.32 Å². The largest absolute Gasteiger partial charge is 0.487 e. The molecule has 1 fully saturated rings. The van der Waals surface area contributed by atoms with Crippen molar-refractivity contribution in [2.45, 2.75) is 19.4 Å². The topological polar surface area (TPSA) is 38.3 Å². The number of ether oxygens (including phenoxy) is 1. The lowest BCUT2D eigenvalue weighted by atomic mass is 9.91. The van der Waals surface area contributed by atoms with E-state index in [1.807, 2.05) is 36.4 Å². The number of ketones is 1. The highest BCUT2D eigenvalue weighted by Crippen LogP contribution is 2.28. The first-order chi connectivity index (χ1) is 11.2. The zero-order valence-electron chi connectivity index (χ0n) is 12.9. The Labute approximate surface area is 141 Å². The molecule has 1 saturated heterocycles. The highest BCUT2D eigenvalue weighted by atomic mass is 35.5. The second-order valence-electron chi connectivity index (χ2n) is 5.83. The molecule has 0 amide bonds. The average molecular weight is 330 g/mol. The number of carbonyl (C=O) groups is 1. The van der Waals surface area contributed by atoms with Crippen LogP contribution in [0.1, 0.15) is 28.8 Å². The number of nitrogens with one attached hydrogen (secondary N) is 1. The third kappa shape index (κ3) is 4.12. The molecule has 1 unspecified atom stereocenters. The van der Waals surface area contributed by atoms with Crippen molar-refractivity contribution in [2.75, 3.05) is 13.1 Å². The Morgan fingerprint density at radius 2 is 2.04 bits per heavy atom. The molecule has 4 heteroatoms. The van der Waals surface area contributed by atoms with Crippen LogP contribution in [0.4, 0.5) is 0 Å². The van der Waals surface area contributed by atoms with Gasteiger partial charge in [0.25, 0.3) is 0 Å². The Bertz CT molecular complexity index is 666. The quantitative estimate of drug-likeness (QED) is 0.839. The monoisotopic (exact) mass is 329 g/mol. The molecule has 2 aromatic carbocycles. The Morgan fingerprint density at radius 3 is 2.74 bits per heavy atom. The molecule has 23 heavy (non-hydrogen) atoms. The number of hydrogen-bond donors (Lipinski definition) is 1. The zero-order chi connectivity index (χ0) is 16.1. The number of carbonyl (C=O) groups excluding carboxylic acids is 1. The maximum atomic E-state index is 12.5. The predicted molar refractivity (Wildman–Crippen MR) is 92.2 cm³/mol. The summed E-state index contributed by atoms with van der Waals surface area (Å²) in [6.07, 6.45) is 1.98. The minimum atomic E-state index is 0.0518. The summed E-state index contributed by atoms with van der Waals surface area (Å²) in [5.74, 6) is 0.818. The summed E-state index contributed by atoms with van der Waals surface area (Å²) >= 11 is 6.29. The van der Waals surface area contributed by atoms with Crippen LogP contribution in [0.2, 0.25) is 5.02 Å². The minimum absolute atomic E-state index is 0.0518. The molecule has 120 valence electrons. The van der Waals surface area contributed by atoms with Crippen LogP contribution in [-0.2, 0) is 6.61 Å². The lowest BCUT2D eigenvalue weighted by Crippen LogP contribution is -2.34. The third-order valence-electron chi connectivity index (χ3n) is 4.12. The van der Waals surface area contributed by atoms with Gasteiger partial charge in [0.15, 0.2) is 5.78 Å². The van der Waals surface area contributed by atoms with Crippen molar-refractivity contribution in [3.63, 3.8) is 0 Å². The second-order valence-corrected chi connectivity index (χ2v) is 6.23. The molecule has 1 N–H and O–H groups in total. The average Bonchev–Trinajstić information content (AvgIpc) is 2.61. The molecule has 1 aliphatic rings. The van der Waals surface area contributed by atoms with Crippen molar-refractivity contribution in [1.29, 1.82) is 0 Å². The van der Waals surface area contributed by atoms with Gasteiger partial charge in [-0.25, -0.2) is 0 Å². The smallest absolute Gasteiger partial charge is 0.167 e. The summed E-state index contributed by atoms with van der Waals surface area (Å²) in [7, 11) is 0. The van der Waals surface area contributed by atoms with E-state index < -0.39 is 0 Å². The van der Waals surface area contributed by atoms with E-state index in [1.54, 1.807) is 12.1 Å². The molecule has 3 rings (SSSR count). The van der Waals surface area contributed by atoms with Crippen LogP contribution < -0.4 is 10.1 Å². The normalized spacial score (nSPS) is 17.7. The van der Waals surface area contributed by atoms with Gasteiger partial charge >= 0.3 is 0 Å². The van der Waals surface area contributed by atoms with Crippen molar-refractivity contribution >= 4 is 17.4 Å². The molecule has 0 bridgehead atoms. The Balaban J connectivity index is 1.66. The van der Waals surface area contributed by atoms with Crippen LogP contribution >= 0.6 is 11.6 Å². The van der Waals surface area contributed by atoms with Gasteiger partial charge < -0.3 is 10.1 Å². The van der Waals surface area contributed by atoms with Crippen molar-refractivity contribution in [2.24, 2.45) is 5.92 Å². The standard InChI is InChI=1S/C19H20ClNO2/c20-17-11-15(19(22)16-7-4-10-21-12-16)8-9-18(17)23-13-14-5-2-1-3-6-14/h1-3,5-6,8-9,11,16,21H,4,7,10,12-13H2. The van der Waals surface area contributed by atoms with Crippen molar-refractivity contribution in [3.05, 3.63) is 64.7 Å². The van der Waals surface area contributed by atoms with Crippen LogP contribution in [0.15, 0.2) is 48.5 Å². The highest BCUT2D eigenvalue weighted by Gasteiger charge is 2.22. The lowest BCUT2D eigenvalue weighted by molar-refractivity contribution is 0.0899. The number of Topliss-reactive ketones (excluding diaryl/α,β-unsaturated/α-hetero) is 1. The van der Waals surface area contributed by atoms with Gasteiger partial charge in [-0.2, -0.15) is 0 Å². The second kappa shape index (κ2) is 7.62. The van der Waals surface area contributed by atoms with Crippen LogP contribution in [0.25, 0.3) is 0 Å². The van der Waals surface area contributed by atoms with Crippen LogP contribution in [0, 0.1) is 5.92 Å². The van der Waals surface area contributed by atoms with Gasteiger partial charge in [-0.1, -0.05) is 41.9 Å². The van der Waals surface area contributed by atoms with Gasteiger partial charge in [-0.05, 0) is 43.1 Å². The first-order valence-electron chi connectivity index (χ1n) is 7.95. The van der Waals surface area contributed by atoms with Gasteiger partial charge in [-0.3, -0.25) is 4.79 Å².